The molecule has 0 unspecified atom stereocenters. The quantitative estimate of drug-likeness (QED) is 0.660. The van der Waals surface area contributed by atoms with Crippen LogP contribution >= 0.6 is 0 Å². The van der Waals surface area contributed by atoms with Crippen molar-refractivity contribution in [2.24, 2.45) is 0 Å². The van der Waals surface area contributed by atoms with Gasteiger partial charge >= 0.3 is 5.97 Å². The molecular formula is C22H23N3O6S. The molecule has 168 valence electrons. The lowest BCUT2D eigenvalue weighted by molar-refractivity contribution is -0.147. The molecule has 2 heterocycles. The first kappa shape index (κ1) is 21.8. The third-order valence-corrected chi connectivity index (χ3v) is 7.29. The molecule has 0 radical (unpaired) electrons. The lowest BCUT2D eigenvalue weighted by Gasteiger charge is -2.19. The van der Waals surface area contributed by atoms with Gasteiger partial charge in [0.2, 0.25) is 0 Å². The minimum Gasteiger partial charge on any atom is -0.454 e. The second-order valence-electron chi connectivity index (χ2n) is 7.72. The molecule has 1 fully saturated rings. The van der Waals surface area contributed by atoms with E-state index < -0.39 is 41.0 Å². The van der Waals surface area contributed by atoms with E-state index in [4.69, 9.17) is 4.74 Å². The van der Waals surface area contributed by atoms with Crippen molar-refractivity contribution in [1.29, 1.82) is 0 Å². The smallest absolute Gasteiger partial charge is 0.327 e. The number of nitrogens with zero attached hydrogens (tertiary/aromatic N) is 2. The third-order valence-electron chi connectivity index (χ3n) is 5.50. The highest BCUT2D eigenvalue weighted by Gasteiger charge is 2.42. The molecule has 4 rings (SSSR count). The van der Waals surface area contributed by atoms with E-state index in [-0.39, 0.29) is 10.5 Å². The summed E-state index contributed by atoms with van der Waals surface area (Å²) in [6.45, 7) is 2.51. The van der Waals surface area contributed by atoms with E-state index in [0.717, 1.165) is 24.3 Å². The highest BCUT2D eigenvalue weighted by molar-refractivity contribution is 7.90. The molecule has 0 spiro atoms. The Morgan fingerprint density at radius 3 is 2.50 bits per heavy atom. The van der Waals surface area contributed by atoms with Gasteiger partial charge in [0.05, 0.1) is 5.56 Å². The zero-order valence-corrected chi connectivity index (χ0v) is 18.4. The molecule has 32 heavy (non-hydrogen) atoms. The van der Waals surface area contributed by atoms with E-state index in [1.807, 2.05) is 19.1 Å². The summed E-state index contributed by atoms with van der Waals surface area (Å²) in [6.07, 6.45) is 2.33. The number of anilines is 2. The highest BCUT2D eigenvalue weighted by atomic mass is 32.2. The maximum absolute atomic E-state index is 12.5. The normalized spacial score (nSPS) is 16.7. The Hall–Kier alpha value is -3.40. The SMILES string of the molecule is Cc1cc(N2CCCC2)ccc1NC(=O)COC(=O)CN1C(=O)c2ccccc2S1(=O)=O. The fourth-order valence-electron chi connectivity index (χ4n) is 3.84. The van der Waals surface area contributed by atoms with Gasteiger partial charge in [-0.2, -0.15) is 0 Å². The summed E-state index contributed by atoms with van der Waals surface area (Å²) in [6, 6.07) is 11.4. The molecule has 0 aliphatic carbocycles. The van der Waals surface area contributed by atoms with Crippen LogP contribution in [0, 0.1) is 6.92 Å². The standard InChI is InChI=1S/C22H23N3O6S/c1-15-12-16(24-10-4-5-11-24)8-9-18(15)23-20(26)14-31-21(27)13-25-22(28)17-6-2-3-7-19(17)32(25,29)30/h2-3,6-9,12H,4-5,10-11,13-14H2,1H3,(H,23,26). The average molecular weight is 458 g/mol. The molecule has 0 atom stereocenters. The number of benzene rings is 2. The Bertz CT molecular complexity index is 1190. The van der Waals surface area contributed by atoms with Crippen LogP contribution in [0.5, 0.6) is 0 Å². The second kappa shape index (κ2) is 8.62. The predicted molar refractivity (Wildman–Crippen MR) is 117 cm³/mol. The molecule has 9 nitrogen and oxygen atoms in total. The van der Waals surface area contributed by atoms with Crippen molar-refractivity contribution >= 4 is 39.2 Å². The van der Waals surface area contributed by atoms with E-state index in [1.165, 1.54) is 37.1 Å². The van der Waals surface area contributed by atoms with Crippen LogP contribution in [0.2, 0.25) is 0 Å². The summed E-state index contributed by atoms with van der Waals surface area (Å²) < 4.78 is 30.3. The number of hydrogen-bond donors (Lipinski definition) is 1. The Kier molecular flexibility index (Phi) is 5.88. The van der Waals surface area contributed by atoms with Crippen molar-refractivity contribution in [3.05, 3.63) is 53.6 Å². The van der Waals surface area contributed by atoms with Crippen LogP contribution in [0.3, 0.4) is 0 Å². The molecule has 0 aromatic heterocycles. The molecule has 10 heteroatoms. The largest absolute Gasteiger partial charge is 0.454 e. The third kappa shape index (κ3) is 4.18. The Labute approximate surface area is 186 Å². The maximum atomic E-state index is 12.5. The summed E-state index contributed by atoms with van der Waals surface area (Å²) in [5.41, 5.74) is 2.58. The van der Waals surface area contributed by atoms with E-state index in [9.17, 15) is 22.8 Å². The summed E-state index contributed by atoms with van der Waals surface area (Å²) in [4.78, 5) is 38.8. The molecule has 2 amide bonds. The number of fused-ring (bicyclic) bond motifs is 1. The van der Waals surface area contributed by atoms with Crippen LogP contribution in [0.25, 0.3) is 0 Å². The van der Waals surface area contributed by atoms with E-state index >= 15 is 0 Å². The van der Waals surface area contributed by atoms with Crippen molar-refractivity contribution in [1.82, 2.24) is 4.31 Å². The zero-order valence-electron chi connectivity index (χ0n) is 17.5. The van der Waals surface area contributed by atoms with Crippen molar-refractivity contribution in [2.75, 3.05) is 36.5 Å². The van der Waals surface area contributed by atoms with E-state index in [2.05, 4.69) is 10.2 Å². The van der Waals surface area contributed by atoms with Crippen molar-refractivity contribution in [3.63, 3.8) is 0 Å². The molecule has 2 aliphatic rings. The zero-order chi connectivity index (χ0) is 22.9. The number of aryl methyl sites for hydroxylation is 1. The van der Waals surface area contributed by atoms with Gasteiger partial charge < -0.3 is 15.0 Å². The number of sulfonamides is 1. The Morgan fingerprint density at radius 2 is 1.81 bits per heavy atom. The van der Waals surface area contributed by atoms with E-state index in [1.54, 1.807) is 6.07 Å². The molecule has 2 aliphatic heterocycles. The van der Waals surface area contributed by atoms with Gasteiger partial charge in [-0.3, -0.25) is 14.4 Å². The van der Waals surface area contributed by atoms with Crippen molar-refractivity contribution < 1.29 is 27.5 Å². The van der Waals surface area contributed by atoms with Gasteiger partial charge in [0.25, 0.3) is 21.8 Å². The maximum Gasteiger partial charge on any atom is 0.327 e. The topological polar surface area (TPSA) is 113 Å². The lowest BCUT2D eigenvalue weighted by atomic mass is 10.1. The van der Waals surface area contributed by atoms with Crippen LogP contribution in [-0.4, -0.2) is 56.7 Å². The first-order valence-corrected chi connectivity index (χ1v) is 11.7. The van der Waals surface area contributed by atoms with Crippen molar-refractivity contribution in [3.8, 4) is 0 Å². The minimum atomic E-state index is -4.12. The number of nitrogens with one attached hydrogen (secondary N) is 1. The van der Waals surface area contributed by atoms with E-state index in [0.29, 0.717) is 9.99 Å². The van der Waals surface area contributed by atoms with Gasteiger partial charge in [-0.25, -0.2) is 12.7 Å². The van der Waals surface area contributed by atoms with Gasteiger partial charge in [0, 0.05) is 24.5 Å². The number of carbonyl (C=O) groups is 3. The number of esters is 1. The molecular weight excluding hydrogens is 434 g/mol. The molecule has 0 bridgehead atoms. The first-order chi connectivity index (χ1) is 15.3. The fourth-order valence-corrected chi connectivity index (χ4v) is 5.36. The summed E-state index contributed by atoms with van der Waals surface area (Å²) in [7, 11) is -4.12. The lowest BCUT2D eigenvalue weighted by Crippen LogP contribution is -2.36. The van der Waals surface area contributed by atoms with Gasteiger partial charge in [-0.15, -0.1) is 0 Å². The monoisotopic (exact) mass is 457 g/mol. The number of amides is 2. The summed E-state index contributed by atoms with van der Waals surface area (Å²) in [5.74, 6) is -2.35. The van der Waals surface area contributed by atoms with Gasteiger partial charge in [-0.05, 0) is 55.7 Å². The molecule has 0 saturated carbocycles. The van der Waals surface area contributed by atoms with Crippen LogP contribution in [0.1, 0.15) is 28.8 Å². The highest BCUT2D eigenvalue weighted by Crippen LogP contribution is 2.29. The molecule has 1 saturated heterocycles. The Balaban J connectivity index is 1.32. The number of carbonyl (C=O) groups excluding carboxylic acids is 3. The predicted octanol–water partition coefficient (Wildman–Crippen LogP) is 1.92. The molecule has 2 aromatic rings. The second-order valence-corrected chi connectivity index (χ2v) is 9.55. The fraction of sp³-hybridized carbons (Fsp3) is 0.318. The number of ether oxygens (including phenoxy) is 1. The van der Waals surface area contributed by atoms with Crippen LogP contribution in [0.15, 0.2) is 47.4 Å². The minimum absolute atomic E-state index is 0.00546. The summed E-state index contributed by atoms with van der Waals surface area (Å²) >= 11 is 0. The summed E-state index contributed by atoms with van der Waals surface area (Å²) in [5, 5.41) is 2.68. The Morgan fingerprint density at radius 1 is 1.09 bits per heavy atom. The van der Waals surface area contributed by atoms with Crippen LogP contribution < -0.4 is 10.2 Å². The first-order valence-electron chi connectivity index (χ1n) is 10.2. The average Bonchev–Trinajstić information content (AvgIpc) is 3.37. The molecule has 2 aromatic carbocycles. The number of hydrogen-bond acceptors (Lipinski definition) is 7. The van der Waals surface area contributed by atoms with Gasteiger partial charge in [0.1, 0.15) is 11.4 Å². The van der Waals surface area contributed by atoms with Gasteiger partial charge in [-0.1, -0.05) is 12.1 Å². The van der Waals surface area contributed by atoms with Crippen molar-refractivity contribution in [2.45, 2.75) is 24.7 Å². The van der Waals surface area contributed by atoms with Crippen LogP contribution in [-0.2, 0) is 24.3 Å². The number of rotatable bonds is 6. The molecule has 1 N–H and O–H groups in total. The van der Waals surface area contributed by atoms with Gasteiger partial charge in [0.15, 0.2) is 6.61 Å². The van der Waals surface area contributed by atoms with Crippen LogP contribution in [0.4, 0.5) is 11.4 Å².